The second-order valence-corrected chi connectivity index (χ2v) is 5.13. The minimum atomic E-state index is -0.922. The molecule has 2 aromatic rings. The Hall–Kier alpha value is -2.30. The number of rotatable bonds is 5. The molecule has 106 valence electrons. The van der Waals surface area contributed by atoms with Crippen LogP contribution >= 0.6 is 0 Å². The van der Waals surface area contributed by atoms with Gasteiger partial charge >= 0.3 is 5.97 Å². The Morgan fingerprint density at radius 3 is 2.45 bits per heavy atom. The van der Waals surface area contributed by atoms with Crippen molar-refractivity contribution in [3.05, 3.63) is 47.8 Å². The van der Waals surface area contributed by atoms with E-state index in [1.807, 2.05) is 45.0 Å². The van der Waals surface area contributed by atoms with Crippen LogP contribution in [0.25, 0.3) is 0 Å². The second kappa shape index (κ2) is 5.77. The van der Waals surface area contributed by atoms with E-state index in [1.54, 1.807) is 17.1 Å². The molecule has 0 aliphatic heterocycles. The van der Waals surface area contributed by atoms with E-state index in [0.717, 1.165) is 11.3 Å². The van der Waals surface area contributed by atoms with Crippen LogP contribution in [-0.2, 0) is 4.79 Å². The van der Waals surface area contributed by atoms with E-state index in [4.69, 9.17) is 0 Å². The normalized spacial score (nSPS) is 12.4. The molecule has 0 aliphatic rings. The van der Waals surface area contributed by atoms with Gasteiger partial charge in [0.2, 0.25) is 0 Å². The summed E-state index contributed by atoms with van der Waals surface area (Å²) in [5, 5.41) is 16.6. The summed E-state index contributed by atoms with van der Waals surface area (Å²) in [5.74, 6) is -0.922. The first kappa shape index (κ1) is 14.1. The molecule has 0 saturated carbocycles. The molecule has 0 fully saturated rings. The number of carboxylic acid groups (broad SMARTS) is 1. The largest absolute Gasteiger partial charge is 0.479 e. The van der Waals surface area contributed by atoms with Gasteiger partial charge in [-0.15, -0.1) is 0 Å². The number of nitrogens with zero attached hydrogens (tertiary/aromatic N) is 2. The van der Waals surface area contributed by atoms with Gasteiger partial charge in [-0.1, -0.05) is 17.7 Å². The number of aromatic nitrogens is 2. The van der Waals surface area contributed by atoms with Crippen LogP contribution in [0, 0.1) is 6.92 Å². The Bertz CT molecular complexity index is 587. The van der Waals surface area contributed by atoms with Crippen molar-refractivity contribution < 1.29 is 9.90 Å². The fourth-order valence-corrected chi connectivity index (χ4v) is 1.89. The average molecular weight is 273 g/mol. The average Bonchev–Trinajstić information content (AvgIpc) is 2.87. The molecule has 5 nitrogen and oxygen atoms in total. The lowest BCUT2D eigenvalue weighted by Crippen LogP contribution is -2.20. The van der Waals surface area contributed by atoms with Crippen LogP contribution in [0.4, 0.5) is 5.69 Å². The van der Waals surface area contributed by atoms with Crippen molar-refractivity contribution in [2.75, 3.05) is 5.32 Å². The summed E-state index contributed by atoms with van der Waals surface area (Å²) in [6.07, 6.45) is 3.37. The van der Waals surface area contributed by atoms with E-state index in [0.29, 0.717) is 5.56 Å². The molecular weight excluding hydrogens is 254 g/mol. The number of benzene rings is 1. The summed E-state index contributed by atoms with van der Waals surface area (Å²) in [4.78, 5) is 11.5. The van der Waals surface area contributed by atoms with Crippen molar-refractivity contribution in [1.29, 1.82) is 0 Å². The monoisotopic (exact) mass is 273 g/mol. The van der Waals surface area contributed by atoms with E-state index in [-0.39, 0.29) is 6.04 Å². The maximum Gasteiger partial charge on any atom is 0.330 e. The first-order valence-corrected chi connectivity index (χ1v) is 6.57. The van der Waals surface area contributed by atoms with Gasteiger partial charge in [-0.2, -0.15) is 5.10 Å². The molecule has 1 heterocycles. The van der Waals surface area contributed by atoms with Gasteiger partial charge in [0, 0.05) is 23.5 Å². The standard InChI is InChI=1S/C15H19N3O2/c1-10(2)18-9-12(8-16-18)14(15(19)20)17-13-6-4-11(3)5-7-13/h4-10,14,17H,1-3H3,(H,19,20). The maximum atomic E-state index is 11.5. The van der Waals surface area contributed by atoms with Crippen molar-refractivity contribution in [3.8, 4) is 0 Å². The number of nitrogens with one attached hydrogen (secondary N) is 1. The highest BCUT2D eigenvalue weighted by molar-refractivity contribution is 5.79. The van der Waals surface area contributed by atoms with Crippen molar-refractivity contribution in [2.45, 2.75) is 32.9 Å². The number of aliphatic carboxylic acids is 1. The van der Waals surface area contributed by atoms with Crippen LogP contribution in [-0.4, -0.2) is 20.9 Å². The fourth-order valence-electron chi connectivity index (χ4n) is 1.89. The molecule has 0 amide bonds. The summed E-state index contributed by atoms with van der Waals surface area (Å²) in [6, 6.07) is 7.04. The Balaban J connectivity index is 2.22. The van der Waals surface area contributed by atoms with E-state index in [9.17, 15) is 9.90 Å². The summed E-state index contributed by atoms with van der Waals surface area (Å²) in [7, 11) is 0. The molecule has 0 saturated heterocycles. The maximum absolute atomic E-state index is 11.5. The fraction of sp³-hybridized carbons (Fsp3) is 0.333. The zero-order valence-corrected chi connectivity index (χ0v) is 11.9. The summed E-state index contributed by atoms with van der Waals surface area (Å²) in [5.41, 5.74) is 2.56. The van der Waals surface area contributed by atoms with Crippen LogP contribution in [0.2, 0.25) is 0 Å². The molecule has 2 N–H and O–H groups in total. The molecule has 5 heteroatoms. The number of carboxylic acids is 1. The first-order chi connectivity index (χ1) is 9.47. The van der Waals surface area contributed by atoms with Gasteiger partial charge in [-0.25, -0.2) is 4.79 Å². The molecule has 1 unspecified atom stereocenters. The number of carbonyl (C=O) groups is 1. The molecule has 1 atom stereocenters. The number of anilines is 1. The molecular formula is C15H19N3O2. The van der Waals surface area contributed by atoms with Crippen molar-refractivity contribution in [3.63, 3.8) is 0 Å². The quantitative estimate of drug-likeness (QED) is 0.878. The van der Waals surface area contributed by atoms with Crippen molar-refractivity contribution >= 4 is 11.7 Å². The molecule has 2 rings (SSSR count). The SMILES string of the molecule is Cc1ccc(NC(C(=O)O)c2cnn(C(C)C)c2)cc1. The smallest absolute Gasteiger partial charge is 0.330 e. The third-order valence-electron chi connectivity index (χ3n) is 3.09. The Morgan fingerprint density at radius 1 is 1.30 bits per heavy atom. The van der Waals surface area contributed by atoms with Crippen molar-refractivity contribution in [2.24, 2.45) is 0 Å². The summed E-state index contributed by atoms with van der Waals surface area (Å²) in [6.45, 7) is 5.99. The lowest BCUT2D eigenvalue weighted by molar-refractivity contribution is -0.138. The topological polar surface area (TPSA) is 67.2 Å². The van der Waals surface area contributed by atoms with E-state index < -0.39 is 12.0 Å². The van der Waals surface area contributed by atoms with Crippen LogP contribution in [0.3, 0.4) is 0 Å². The van der Waals surface area contributed by atoms with Gasteiger partial charge in [0.25, 0.3) is 0 Å². The van der Waals surface area contributed by atoms with Gasteiger partial charge in [-0.05, 0) is 32.9 Å². The van der Waals surface area contributed by atoms with Gasteiger partial charge in [-0.3, -0.25) is 4.68 Å². The van der Waals surface area contributed by atoms with Crippen LogP contribution in [0.1, 0.15) is 37.1 Å². The molecule has 0 spiro atoms. The van der Waals surface area contributed by atoms with Crippen LogP contribution in [0.5, 0.6) is 0 Å². The van der Waals surface area contributed by atoms with Crippen molar-refractivity contribution in [1.82, 2.24) is 9.78 Å². The number of aryl methyl sites for hydroxylation is 1. The van der Waals surface area contributed by atoms with Gasteiger partial charge < -0.3 is 10.4 Å². The molecule has 0 aliphatic carbocycles. The second-order valence-electron chi connectivity index (χ2n) is 5.13. The molecule has 0 radical (unpaired) electrons. The predicted molar refractivity (Wildman–Crippen MR) is 77.8 cm³/mol. The number of hydrogen-bond acceptors (Lipinski definition) is 3. The zero-order chi connectivity index (χ0) is 14.7. The number of hydrogen-bond donors (Lipinski definition) is 2. The molecule has 20 heavy (non-hydrogen) atoms. The highest BCUT2D eigenvalue weighted by Gasteiger charge is 2.21. The van der Waals surface area contributed by atoms with E-state index in [1.165, 1.54) is 0 Å². The lowest BCUT2D eigenvalue weighted by atomic mass is 10.1. The minimum Gasteiger partial charge on any atom is -0.479 e. The molecule has 1 aromatic carbocycles. The Morgan fingerprint density at radius 2 is 1.95 bits per heavy atom. The Kier molecular flexibility index (Phi) is 4.08. The molecule has 1 aromatic heterocycles. The zero-order valence-electron chi connectivity index (χ0n) is 11.9. The Labute approximate surface area is 118 Å². The molecule has 0 bridgehead atoms. The van der Waals surface area contributed by atoms with Gasteiger partial charge in [0.1, 0.15) is 0 Å². The summed E-state index contributed by atoms with van der Waals surface area (Å²) >= 11 is 0. The lowest BCUT2D eigenvalue weighted by Gasteiger charge is -2.14. The highest BCUT2D eigenvalue weighted by atomic mass is 16.4. The van der Waals surface area contributed by atoms with Crippen LogP contribution < -0.4 is 5.32 Å². The minimum absolute atomic E-state index is 0.206. The van der Waals surface area contributed by atoms with Crippen LogP contribution in [0.15, 0.2) is 36.7 Å². The highest BCUT2D eigenvalue weighted by Crippen LogP contribution is 2.21. The van der Waals surface area contributed by atoms with Gasteiger partial charge in [0.15, 0.2) is 6.04 Å². The van der Waals surface area contributed by atoms with E-state index >= 15 is 0 Å². The first-order valence-electron chi connectivity index (χ1n) is 6.57. The third-order valence-corrected chi connectivity index (χ3v) is 3.09. The third kappa shape index (κ3) is 3.17. The summed E-state index contributed by atoms with van der Waals surface area (Å²) < 4.78 is 1.75. The van der Waals surface area contributed by atoms with E-state index in [2.05, 4.69) is 10.4 Å². The predicted octanol–water partition coefficient (Wildman–Crippen LogP) is 3.01. The van der Waals surface area contributed by atoms with Gasteiger partial charge in [0.05, 0.1) is 6.20 Å².